The summed E-state index contributed by atoms with van der Waals surface area (Å²) >= 11 is 3.49. The number of hydrogen-bond donors (Lipinski definition) is 2. The summed E-state index contributed by atoms with van der Waals surface area (Å²) in [6.45, 7) is 8.27. The third kappa shape index (κ3) is 2.74. The third-order valence-corrected chi connectivity index (χ3v) is 4.85. The summed E-state index contributed by atoms with van der Waals surface area (Å²) in [6.07, 6.45) is 0.797. The lowest BCUT2D eigenvalue weighted by Crippen LogP contribution is -2.02. The van der Waals surface area contributed by atoms with Gasteiger partial charge >= 0.3 is 5.97 Å². The van der Waals surface area contributed by atoms with Crippen LogP contribution in [-0.2, 0) is 13.0 Å². The molecule has 0 aliphatic carbocycles. The summed E-state index contributed by atoms with van der Waals surface area (Å²) in [7, 11) is 0. The quantitative estimate of drug-likeness (QED) is 0.593. The molecule has 1 aromatic heterocycles. The maximum Gasteiger partial charge on any atom is 0.335 e. The number of halogens is 1. The lowest BCUT2D eigenvalue weighted by Gasteiger charge is -2.08. The molecule has 0 fully saturated rings. The van der Waals surface area contributed by atoms with Gasteiger partial charge in [-0.3, -0.25) is 4.68 Å². The Balaban J connectivity index is 1.79. The first-order valence-electron chi connectivity index (χ1n) is 7.94. The largest absolute Gasteiger partial charge is 0.478 e. The van der Waals surface area contributed by atoms with Crippen molar-refractivity contribution in [1.82, 2.24) is 9.78 Å². The molecule has 4 rings (SSSR count). The van der Waals surface area contributed by atoms with Crippen molar-refractivity contribution in [2.24, 2.45) is 0 Å². The van der Waals surface area contributed by atoms with Crippen molar-refractivity contribution in [2.75, 3.05) is 5.32 Å². The zero-order chi connectivity index (χ0) is 18.3. The minimum absolute atomic E-state index is 0.205. The fourth-order valence-electron chi connectivity index (χ4n) is 3.05. The fourth-order valence-corrected chi connectivity index (χ4v) is 3.46. The molecule has 0 unspecified atom stereocenters. The number of aromatic carboxylic acids is 1. The normalized spacial score (nSPS) is 12.3. The number of aryl methyl sites for hydroxylation is 2. The maximum absolute atomic E-state index is 11.0. The molecule has 0 spiro atoms. The molecule has 1 aliphatic heterocycles. The highest BCUT2D eigenvalue weighted by atomic mass is 79.9. The zero-order valence-electron chi connectivity index (χ0n) is 13.5. The Morgan fingerprint density at radius 2 is 2.04 bits per heavy atom. The van der Waals surface area contributed by atoms with Crippen LogP contribution in [0.25, 0.3) is 16.1 Å². The van der Waals surface area contributed by atoms with E-state index in [1.165, 1.54) is 12.1 Å². The van der Waals surface area contributed by atoms with Gasteiger partial charge in [-0.25, -0.2) is 9.64 Å². The Kier molecular flexibility index (Phi) is 3.98. The minimum atomic E-state index is -0.980. The van der Waals surface area contributed by atoms with Crippen LogP contribution in [0.2, 0.25) is 0 Å². The van der Waals surface area contributed by atoms with Gasteiger partial charge in [-0.05, 0) is 47.9 Å². The lowest BCUT2D eigenvalue weighted by atomic mass is 10.1. The van der Waals surface area contributed by atoms with Gasteiger partial charge in [-0.2, -0.15) is 5.10 Å². The summed E-state index contributed by atoms with van der Waals surface area (Å²) in [5.41, 5.74) is 4.04. The molecule has 2 aromatic carbocycles. The van der Waals surface area contributed by atoms with Crippen LogP contribution in [0.15, 0.2) is 46.9 Å². The first-order valence-corrected chi connectivity index (χ1v) is 8.73. The van der Waals surface area contributed by atoms with Crippen molar-refractivity contribution >= 4 is 39.1 Å². The molecular formula is C19H13BrN4O2. The summed E-state index contributed by atoms with van der Waals surface area (Å²) in [5.74, 6) is -0.314. The highest BCUT2D eigenvalue weighted by molar-refractivity contribution is 9.10. The van der Waals surface area contributed by atoms with Gasteiger partial charge in [0.15, 0.2) is 0 Å². The van der Waals surface area contributed by atoms with E-state index >= 15 is 0 Å². The molecular weight excluding hydrogens is 396 g/mol. The Morgan fingerprint density at radius 1 is 1.27 bits per heavy atom. The summed E-state index contributed by atoms with van der Waals surface area (Å²) in [6, 6.07) is 12.4. The summed E-state index contributed by atoms with van der Waals surface area (Å²) in [4.78, 5) is 14.7. The molecule has 3 aromatic rings. The summed E-state index contributed by atoms with van der Waals surface area (Å²) < 4.78 is 2.82. The van der Waals surface area contributed by atoms with Crippen LogP contribution in [0, 0.1) is 6.57 Å². The van der Waals surface area contributed by atoms with Crippen molar-refractivity contribution in [3.8, 4) is 11.3 Å². The molecule has 0 atom stereocenters. The van der Waals surface area contributed by atoms with Gasteiger partial charge < -0.3 is 10.4 Å². The van der Waals surface area contributed by atoms with Crippen molar-refractivity contribution in [3.63, 3.8) is 0 Å². The van der Waals surface area contributed by atoms with E-state index in [2.05, 4.69) is 37.3 Å². The number of fused-ring (bicyclic) bond motifs is 2. The monoisotopic (exact) mass is 408 g/mol. The van der Waals surface area contributed by atoms with E-state index < -0.39 is 5.97 Å². The third-order valence-electron chi connectivity index (χ3n) is 4.36. The van der Waals surface area contributed by atoms with Crippen molar-refractivity contribution in [2.45, 2.75) is 13.0 Å². The first kappa shape index (κ1) is 16.4. The van der Waals surface area contributed by atoms with Gasteiger partial charge in [0.1, 0.15) is 11.5 Å². The number of hydrogen-bond acceptors (Lipinski definition) is 3. The Labute approximate surface area is 158 Å². The molecule has 0 bridgehead atoms. The second-order valence-corrected chi connectivity index (χ2v) is 6.86. The number of nitrogens with zero attached hydrogens (tertiary/aromatic N) is 3. The van der Waals surface area contributed by atoms with Crippen molar-refractivity contribution in [1.29, 1.82) is 0 Å². The molecule has 0 amide bonds. The van der Waals surface area contributed by atoms with E-state index in [4.69, 9.17) is 11.7 Å². The van der Waals surface area contributed by atoms with E-state index in [0.29, 0.717) is 23.7 Å². The van der Waals surface area contributed by atoms with E-state index in [9.17, 15) is 4.79 Å². The van der Waals surface area contributed by atoms with Gasteiger partial charge in [-0.15, -0.1) is 0 Å². The number of carboxylic acid groups (broad SMARTS) is 1. The van der Waals surface area contributed by atoms with E-state index in [1.807, 2.05) is 16.8 Å². The molecule has 2 heterocycles. The molecule has 0 radical (unpaired) electrons. The molecule has 1 aliphatic rings. The van der Waals surface area contributed by atoms with E-state index in [1.54, 1.807) is 12.1 Å². The van der Waals surface area contributed by atoms with Crippen molar-refractivity contribution in [3.05, 3.63) is 69.5 Å². The average molecular weight is 409 g/mol. The highest BCUT2D eigenvalue weighted by Gasteiger charge is 2.23. The van der Waals surface area contributed by atoms with Crippen LogP contribution in [0.3, 0.4) is 0 Å². The molecule has 128 valence electrons. The number of nitrogens with one attached hydrogen (secondary N) is 1. The Bertz CT molecular complexity index is 1060. The Morgan fingerprint density at radius 3 is 2.73 bits per heavy atom. The second kappa shape index (κ2) is 6.32. The zero-order valence-corrected chi connectivity index (χ0v) is 15.1. The maximum atomic E-state index is 11.0. The first-order chi connectivity index (χ1) is 12.6. The number of benzene rings is 2. The van der Waals surface area contributed by atoms with Gasteiger partial charge in [0.2, 0.25) is 0 Å². The molecule has 6 nitrogen and oxygen atoms in total. The number of carbonyl (C=O) groups is 1. The molecule has 26 heavy (non-hydrogen) atoms. The number of rotatable bonds is 2. The molecule has 0 saturated carbocycles. The van der Waals surface area contributed by atoms with Crippen LogP contribution in [0.4, 0.5) is 17.2 Å². The van der Waals surface area contributed by atoms with Gasteiger partial charge in [0, 0.05) is 16.7 Å². The van der Waals surface area contributed by atoms with Crippen LogP contribution in [-0.4, -0.2) is 20.9 Å². The minimum Gasteiger partial charge on any atom is -0.478 e. The second-order valence-electron chi connectivity index (χ2n) is 5.94. The van der Waals surface area contributed by atoms with Crippen LogP contribution in [0.5, 0.6) is 0 Å². The smallest absolute Gasteiger partial charge is 0.335 e. The highest BCUT2D eigenvalue weighted by Crippen LogP contribution is 2.40. The summed E-state index contributed by atoms with van der Waals surface area (Å²) in [5, 5.41) is 17.0. The van der Waals surface area contributed by atoms with Crippen molar-refractivity contribution < 1.29 is 9.90 Å². The number of anilines is 2. The topological polar surface area (TPSA) is 71.5 Å². The van der Waals surface area contributed by atoms with Crippen LogP contribution >= 0.6 is 15.9 Å². The molecule has 7 heteroatoms. The van der Waals surface area contributed by atoms with Crippen LogP contribution in [0.1, 0.15) is 15.9 Å². The van der Waals surface area contributed by atoms with E-state index in [0.717, 1.165) is 27.7 Å². The standard InChI is InChI=1S/C19H13BrN4O2/c1-21-17-16(11-2-4-12(5-3-11)19(25)26)23-24-9-8-13-10-14(20)6-7-15(13)22-18(17)24/h2-7,10,22H,8-9H2,(H,25,26). The average Bonchev–Trinajstić information content (AvgIpc) is 2.89. The lowest BCUT2D eigenvalue weighted by molar-refractivity contribution is 0.0697. The van der Waals surface area contributed by atoms with Crippen LogP contribution < -0.4 is 5.32 Å². The van der Waals surface area contributed by atoms with Gasteiger partial charge in [0.05, 0.1) is 12.1 Å². The molecule has 2 N–H and O–H groups in total. The van der Waals surface area contributed by atoms with Gasteiger partial charge in [0.25, 0.3) is 5.69 Å². The fraction of sp³-hybridized carbons (Fsp3) is 0.105. The predicted molar refractivity (Wildman–Crippen MR) is 102 cm³/mol. The van der Waals surface area contributed by atoms with E-state index in [-0.39, 0.29) is 5.56 Å². The predicted octanol–water partition coefficient (Wildman–Crippen LogP) is 4.86. The molecule has 0 saturated heterocycles. The Hall–Kier alpha value is -3.11. The number of carboxylic acids is 1. The number of aromatic nitrogens is 2. The van der Waals surface area contributed by atoms with Gasteiger partial charge in [-0.1, -0.05) is 28.1 Å². The SMILES string of the molecule is [C-]#[N+]c1c(-c2ccc(C(=O)O)cc2)nn2c1Nc1ccc(Br)cc1CC2.